The van der Waals surface area contributed by atoms with E-state index in [1.54, 1.807) is 18.6 Å². The van der Waals surface area contributed by atoms with Crippen molar-refractivity contribution < 1.29 is 43.2 Å². The molecule has 3 heterocycles. The molecule has 5 aromatic carbocycles. The molecule has 8 aromatic rings. The van der Waals surface area contributed by atoms with Gasteiger partial charge in [0.1, 0.15) is 48.3 Å². The van der Waals surface area contributed by atoms with Crippen molar-refractivity contribution in [2.45, 2.75) is 176 Å². The van der Waals surface area contributed by atoms with Crippen LogP contribution in [0.5, 0.6) is 0 Å². The molecule has 27 nitrogen and oxygen atoms in total. The lowest BCUT2D eigenvalue weighted by Crippen LogP contribution is -2.61. The number of H-pyrrole nitrogens is 3. The summed E-state index contributed by atoms with van der Waals surface area (Å²) in [7, 11) is 0. The van der Waals surface area contributed by atoms with E-state index >= 15 is 24.0 Å². The maximum atomic E-state index is 15.5. The van der Waals surface area contributed by atoms with E-state index in [4.69, 9.17) is 40.1 Å². The van der Waals surface area contributed by atoms with E-state index in [-0.39, 0.29) is 64.5 Å². The van der Waals surface area contributed by atoms with Gasteiger partial charge in [-0.3, -0.25) is 43.2 Å². The van der Waals surface area contributed by atoms with Crippen LogP contribution in [0.4, 0.5) is 0 Å². The third-order valence-corrected chi connectivity index (χ3v) is 18.8. The third kappa shape index (κ3) is 23.0. The number of fused-ring (bicyclic) bond motifs is 4. The van der Waals surface area contributed by atoms with Gasteiger partial charge in [0.2, 0.25) is 53.2 Å². The molecule has 9 atom stereocenters. The fourth-order valence-electron chi connectivity index (χ4n) is 13.0. The van der Waals surface area contributed by atoms with E-state index in [0.717, 1.165) is 43.5 Å². The van der Waals surface area contributed by atoms with Crippen LogP contribution in [-0.2, 0) is 68.8 Å². The molecule has 0 aliphatic rings. The number of carbonyl (C=O) groups excluding carboxylic acids is 9. The number of para-hydroxylation sites is 3. The lowest BCUT2D eigenvalue weighted by molar-refractivity contribution is -0.136. The first kappa shape index (κ1) is 78.7. The smallest absolute Gasteiger partial charge is 0.243 e. The van der Waals surface area contributed by atoms with E-state index in [2.05, 4.69) is 57.5 Å². The molecule has 9 amide bonds. The maximum Gasteiger partial charge on any atom is 0.243 e. The van der Waals surface area contributed by atoms with Crippen LogP contribution in [0.15, 0.2) is 134 Å². The van der Waals surface area contributed by atoms with Crippen molar-refractivity contribution in [3.05, 3.63) is 156 Å². The normalized spacial score (nSPS) is 14.1. The van der Waals surface area contributed by atoms with E-state index in [1.165, 1.54) is 0 Å². The predicted octanol–water partition coefficient (Wildman–Crippen LogP) is 2.89. The highest BCUT2D eigenvalue weighted by Gasteiger charge is 2.37. The van der Waals surface area contributed by atoms with Crippen LogP contribution < -0.4 is 82.7 Å². The summed E-state index contributed by atoms with van der Waals surface area (Å²) in [5, 5.41) is 27.2. The Hall–Kier alpha value is -10.0. The number of carbonyl (C=O) groups is 9. The van der Waals surface area contributed by atoms with Gasteiger partial charge in [-0.15, -0.1) is 0 Å². The van der Waals surface area contributed by atoms with Crippen LogP contribution in [0, 0.1) is 0 Å². The minimum absolute atomic E-state index is 0.0309. The highest BCUT2D eigenvalue weighted by atomic mass is 16.2. The number of rotatable bonds is 45. The second kappa shape index (κ2) is 40.6. The first-order valence-corrected chi connectivity index (χ1v) is 36.0. The molecule has 25 N–H and O–H groups in total. The monoisotopic (exact) mass is 1410 g/mol. The molecule has 0 fully saturated rings. The molecule has 0 saturated carbocycles. The average Bonchev–Trinajstić information content (AvgIpc) is 1.76. The fraction of sp³-hybridized carbons (Fsp3) is 0.434. The van der Waals surface area contributed by atoms with E-state index in [0.29, 0.717) is 113 Å². The number of hydrogen-bond donors (Lipinski definition) is 18. The van der Waals surface area contributed by atoms with E-state index in [9.17, 15) is 19.2 Å². The summed E-state index contributed by atoms with van der Waals surface area (Å²) in [4.78, 5) is 142. The largest absolute Gasteiger partial charge is 0.368 e. The number of aromatic amines is 3. The summed E-state index contributed by atoms with van der Waals surface area (Å²) in [5.41, 5.74) is 46.5. The molecular weight excluding hydrogens is 1310 g/mol. The molecular formula is C76H104N18O9. The second-order valence-corrected chi connectivity index (χ2v) is 26.5. The number of hydrogen-bond acceptors (Lipinski definition) is 15. The van der Waals surface area contributed by atoms with Crippen LogP contribution in [0.1, 0.15) is 119 Å². The SMILES string of the molecule is NCCCC[C@H](NC(=O)[C@H](Cc1c[nH]c2ccccc12)NC(=O)[C@H](Cc1c[nH]c2ccccc12)NC(=O)[C@H](CCCCN)NC(=O)[C@H](CCCCN)NC(=O)C(Cc1cccc2ccccc12)NC(=O)[C@H](Cc1c[nH]c2ccccc12)NC(=O)[C@H](CCCCN)NC(=O)[C@@H](N)CCCCN)C(N)=O. The molecule has 0 saturated heterocycles. The van der Waals surface area contributed by atoms with Crippen molar-refractivity contribution in [1.29, 1.82) is 0 Å². The van der Waals surface area contributed by atoms with Gasteiger partial charge >= 0.3 is 0 Å². The number of nitrogens with two attached hydrogens (primary N) is 7. The highest BCUT2D eigenvalue weighted by Crippen LogP contribution is 2.25. The maximum absolute atomic E-state index is 15.5. The fourth-order valence-corrected chi connectivity index (χ4v) is 13.0. The summed E-state index contributed by atoms with van der Waals surface area (Å²) in [5.74, 6) is -6.50. The summed E-state index contributed by atoms with van der Waals surface area (Å²) in [6.45, 7) is 1.62. The van der Waals surface area contributed by atoms with Crippen molar-refractivity contribution in [2.75, 3.05) is 32.7 Å². The molecule has 103 heavy (non-hydrogen) atoms. The minimum Gasteiger partial charge on any atom is -0.368 e. The van der Waals surface area contributed by atoms with Gasteiger partial charge in [0, 0.05) is 77.0 Å². The number of aromatic nitrogens is 3. The molecule has 1 unspecified atom stereocenters. The molecule has 0 radical (unpaired) electrons. The molecule has 552 valence electrons. The Labute approximate surface area is 600 Å². The van der Waals surface area contributed by atoms with Crippen LogP contribution >= 0.6 is 0 Å². The van der Waals surface area contributed by atoms with Crippen LogP contribution in [0.2, 0.25) is 0 Å². The number of benzene rings is 5. The van der Waals surface area contributed by atoms with E-state index < -0.39 is 108 Å². The van der Waals surface area contributed by atoms with Gasteiger partial charge in [-0.1, -0.05) is 103 Å². The molecule has 0 spiro atoms. The van der Waals surface area contributed by atoms with Crippen molar-refractivity contribution in [1.82, 2.24) is 57.5 Å². The third-order valence-electron chi connectivity index (χ3n) is 18.8. The van der Waals surface area contributed by atoms with Crippen molar-refractivity contribution >= 4 is 96.6 Å². The summed E-state index contributed by atoms with van der Waals surface area (Å²) in [6, 6.07) is 24.2. The standard InChI is InChI=1S/C76H104N18O9/c77-35-14-9-27-56(82)69(96)88-61(32-11-16-37-79)71(98)91-66(42-50-45-85-58-29-7-4-25-54(50)58)75(102)93-64(40-48-22-19-21-47-20-1-2-23-52(47)48)74(101)90-62(33-12-17-38-80)70(97)89-63(34-13-18-39-81)72(99)92-67(43-51-46-86-59-30-8-5-26-55(51)59)76(103)94-65(41-49-44-84-57-28-6-3-24-53(49)57)73(100)87-60(68(83)95)31-10-15-36-78/h1-8,19-26,28-30,44-46,56,60-67,84-86H,9-18,27,31-43,77-82H2,(H2,83,95)(H,87,100)(H,88,96)(H,89,97)(H,90,101)(H,91,98)(H,92,99)(H,93,102)(H,94,103)/t56-,60-,61-,62-,63-,64?,65-,66-,67-/m0/s1. The molecule has 27 heteroatoms. The van der Waals surface area contributed by atoms with Crippen LogP contribution in [0.25, 0.3) is 43.5 Å². The van der Waals surface area contributed by atoms with Gasteiger partial charge in [0.25, 0.3) is 0 Å². The lowest BCUT2D eigenvalue weighted by atomic mass is 9.97. The summed E-state index contributed by atoms with van der Waals surface area (Å²) < 4.78 is 0. The zero-order valence-corrected chi connectivity index (χ0v) is 58.6. The van der Waals surface area contributed by atoms with E-state index in [1.807, 2.05) is 115 Å². The number of amides is 9. The summed E-state index contributed by atoms with van der Waals surface area (Å²) >= 11 is 0. The van der Waals surface area contributed by atoms with Crippen molar-refractivity contribution in [3.63, 3.8) is 0 Å². The van der Waals surface area contributed by atoms with Gasteiger partial charge in [-0.05, 0) is 174 Å². The lowest BCUT2D eigenvalue weighted by Gasteiger charge is -2.28. The first-order valence-electron chi connectivity index (χ1n) is 36.0. The summed E-state index contributed by atoms with van der Waals surface area (Å²) in [6.07, 6.45) is 10.6. The molecule has 0 aliphatic heterocycles. The van der Waals surface area contributed by atoms with Gasteiger partial charge < -0.3 is 97.6 Å². The molecule has 0 aliphatic carbocycles. The average molecular weight is 1410 g/mol. The molecule has 8 rings (SSSR count). The van der Waals surface area contributed by atoms with Gasteiger partial charge in [-0.25, -0.2) is 0 Å². The van der Waals surface area contributed by atoms with Crippen LogP contribution in [0.3, 0.4) is 0 Å². The number of nitrogens with one attached hydrogen (secondary N) is 11. The van der Waals surface area contributed by atoms with Crippen molar-refractivity contribution in [2.24, 2.45) is 40.1 Å². The zero-order chi connectivity index (χ0) is 73.6. The minimum atomic E-state index is -1.41. The van der Waals surface area contributed by atoms with Crippen molar-refractivity contribution in [3.8, 4) is 0 Å². The number of unbranched alkanes of at least 4 members (excludes halogenated alkanes) is 5. The Kier molecular flexibility index (Phi) is 31.0. The Morgan fingerprint density at radius 2 is 0.563 bits per heavy atom. The first-order chi connectivity index (χ1) is 49.9. The quantitative estimate of drug-likeness (QED) is 0.0244. The predicted molar refractivity (Wildman–Crippen MR) is 401 cm³/mol. The Morgan fingerprint density at radius 3 is 0.922 bits per heavy atom. The van der Waals surface area contributed by atoms with Gasteiger partial charge in [0.05, 0.1) is 6.04 Å². The number of primary amides is 1. The molecule has 0 bridgehead atoms. The Morgan fingerprint density at radius 1 is 0.291 bits per heavy atom. The van der Waals surface area contributed by atoms with Gasteiger partial charge in [-0.2, -0.15) is 0 Å². The zero-order valence-electron chi connectivity index (χ0n) is 58.6. The highest BCUT2D eigenvalue weighted by molar-refractivity contribution is 6.00. The van der Waals surface area contributed by atoms with Gasteiger partial charge in [0.15, 0.2) is 0 Å². The second-order valence-electron chi connectivity index (χ2n) is 26.5. The topological polar surface area (TPSA) is 479 Å². The Bertz CT molecular complexity index is 4110. The van der Waals surface area contributed by atoms with Crippen LogP contribution in [-0.4, -0.2) is 155 Å². The Balaban J connectivity index is 1.10. The molecule has 3 aromatic heterocycles.